The number of hydrogen-bond acceptors (Lipinski definition) is 3. The number of thiocarbonyl (C=S) groups is 1. The fraction of sp³-hybridized carbons (Fsp3) is 0. The highest BCUT2D eigenvalue weighted by Gasteiger charge is 2.26. The molecule has 1 unspecified atom stereocenters. The molecule has 12 heavy (non-hydrogen) atoms. The van der Waals surface area contributed by atoms with E-state index in [1.54, 1.807) is 24.4 Å². The third kappa shape index (κ3) is 1.11. The Labute approximate surface area is 77.1 Å². The number of hydrogen-bond donors (Lipinski definition) is 0. The number of nitrogens with zero attached hydrogens (tertiary/aromatic N) is 2. The molecule has 0 N–H and O–H groups in total. The molecule has 0 aromatic rings. The van der Waals surface area contributed by atoms with Crippen molar-refractivity contribution in [2.75, 3.05) is 0 Å². The molecule has 0 fully saturated rings. The zero-order chi connectivity index (χ0) is 8.55. The average Bonchev–Trinajstić information content (AvgIpc) is 2.30. The van der Waals surface area contributed by atoms with Crippen molar-refractivity contribution in [3.05, 3.63) is 24.4 Å². The minimum absolute atomic E-state index is 0.212. The molecule has 0 spiro atoms. The molecule has 5 heteroatoms. The molecule has 0 aliphatic carbocycles. The molecular formula is C7H4N2OS2. The zero-order valence-electron chi connectivity index (χ0n) is 5.93. The van der Waals surface area contributed by atoms with Gasteiger partial charge < -0.3 is 0 Å². The zero-order valence-corrected chi connectivity index (χ0v) is 7.56. The normalized spacial score (nSPS) is 26.3. The van der Waals surface area contributed by atoms with Crippen LogP contribution in [0.3, 0.4) is 0 Å². The van der Waals surface area contributed by atoms with Gasteiger partial charge in [0.25, 0.3) is 0 Å². The van der Waals surface area contributed by atoms with Gasteiger partial charge in [0.1, 0.15) is 16.5 Å². The molecule has 0 saturated carbocycles. The minimum atomic E-state index is -1.32. The van der Waals surface area contributed by atoms with Crippen molar-refractivity contribution in [3.8, 4) is 0 Å². The molecule has 2 aliphatic heterocycles. The van der Waals surface area contributed by atoms with Crippen LogP contribution in [0.15, 0.2) is 34.4 Å². The molecule has 0 amide bonds. The van der Waals surface area contributed by atoms with Gasteiger partial charge in [0.2, 0.25) is 0 Å². The van der Waals surface area contributed by atoms with Crippen LogP contribution in [-0.2, 0) is 10.8 Å². The van der Waals surface area contributed by atoms with Crippen molar-refractivity contribution >= 4 is 38.1 Å². The Morgan fingerprint density at radius 1 is 1.42 bits per heavy atom. The fourth-order valence-corrected chi connectivity index (χ4v) is 2.04. The van der Waals surface area contributed by atoms with E-state index < -0.39 is 10.8 Å². The van der Waals surface area contributed by atoms with Gasteiger partial charge in [-0.1, -0.05) is 6.08 Å². The Hall–Kier alpha value is -0.940. The van der Waals surface area contributed by atoms with Crippen molar-refractivity contribution in [2.45, 2.75) is 0 Å². The highest BCUT2D eigenvalue weighted by atomic mass is 32.2. The van der Waals surface area contributed by atoms with Crippen molar-refractivity contribution in [1.29, 1.82) is 0 Å². The molecule has 1 atom stereocenters. The number of allylic oxidation sites excluding steroid dienone is 3. The second-order valence-corrected chi connectivity index (χ2v) is 4.12. The van der Waals surface area contributed by atoms with Crippen LogP contribution < -0.4 is 0 Å². The predicted molar refractivity (Wildman–Crippen MR) is 53.9 cm³/mol. The molecule has 2 heterocycles. The quantitative estimate of drug-likeness (QED) is 0.541. The Morgan fingerprint density at radius 3 is 3.08 bits per heavy atom. The van der Waals surface area contributed by atoms with Crippen LogP contribution in [0.25, 0.3) is 0 Å². The minimum Gasteiger partial charge on any atom is -0.245 e. The summed E-state index contributed by atoms with van der Waals surface area (Å²) in [6.07, 6.45) is 6.88. The molecule has 3 nitrogen and oxygen atoms in total. The van der Waals surface area contributed by atoms with Crippen molar-refractivity contribution in [3.63, 3.8) is 0 Å². The average molecular weight is 196 g/mol. The first-order valence-electron chi connectivity index (χ1n) is 3.25. The van der Waals surface area contributed by atoms with Crippen LogP contribution >= 0.6 is 12.2 Å². The van der Waals surface area contributed by atoms with Gasteiger partial charge in [-0.2, -0.15) is 0 Å². The molecular weight excluding hydrogens is 192 g/mol. The maximum Gasteiger partial charge on any atom is 0.197 e. The first-order chi connectivity index (χ1) is 5.79. The van der Waals surface area contributed by atoms with Gasteiger partial charge in [-0.3, -0.25) is 0 Å². The van der Waals surface area contributed by atoms with E-state index in [1.807, 2.05) is 0 Å². The molecule has 0 saturated heterocycles. The van der Waals surface area contributed by atoms with Crippen molar-refractivity contribution in [2.24, 2.45) is 9.98 Å². The largest absolute Gasteiger partial charge is 0.245 e. The van der Waals surface area contributed by atoms with Crippen LogP contribution in [0, 0.1) is 0 Å². The van der Waals surface area contributed by atoms with Gasteiger partial charge in [0.05, 0.1) is 0 Å². The molecule has 0 aromatic carbocycles. The Kier molecular flexibility index (Phi) is 1.82. The first-order valence-corrected chi connectivity index (χ1v) is 4.80. The monoisotopic (exact) mass is 196 g/mol. The lowest BCUT2D eigenvalue weighted by atomic mass is 10.3. The SMILES string of the molecule is O=S1C(=S)N=C2C=CC=CN=C21. The molecule has 0 aromatic heterocycles. The summed E-state index contributed by atoms with van der Waals surface area (Å²) in [5, 5.41) is 0.463. The number of rotatable bonds is 0. The molecule has 0 bridgehead atoms. The lowest BCUT2D eigenvalue weighted by molar-refractivity contribution is 0.696. The van der Waals surface area contributed by atoms with Gasteiger partial charge in [0.15, 0.2) is 9.36 Å². The van der Waals surface area contributed by atoms with E-state index in [1.165, 1.54) is 0 Å². The second-order valence-electron chi connectivity index (χ2n) is 2.17. The summed E-state index contributed by atoms with van der Waals surface area (Å²) >= 11 is 4.77. The van der Waals surface area contributed by atoms with Gasteiger partial charge in [0, 0.05) is 6.20 Å². The molecule has 2 rings (SSSR count). The van der Waals surface area contributed by atoms with E-state index >= 15 is 0 Å². The summed E-state index contributed by atoms with van der Waals surface area (Å²) in [5.41, 5.74) is 0.614. The van der Waals surface area contributed by atoms with E-state index in [2.05, 4.69) is 9.98 Å². The van der Waals surface area contributed by atoms with Crippen molar-refractivity contribution < 1.29 is 4.21 Å². The van der Waals surface area contributed by atoms with E-state index in [0.29, 0.717) is 10.8 Å². The maximum atomic E-state index is 11.3. The second kappa shape index (κ2) is 2.84. The molecule has 0 radical (unpaired) electrons. The van der Waals surface area contributed by atoms with Crippen LogP contribution in [0.5, 0.6) is 0 Å². The van der Waals surface area contributed by atoms with Crippen LogP contribution in [0.2, 0.25) is 0 Å². The summed E-state index contributed by atoms with van der Waals surface area (Å²) in [5.74, 6) is 0. The molecule has 60 valence electrons. The molecule has 2 aliphatic rings. The van der Waals surface area contributed by atoms with Gasteiger partial charge in [-0.15, -0.1) is 0 Å². The summed E-state index contributed by atoms with van der Waals surface area (Å²) < 4.78 is 11.6. The predicted octanol–water partition coefficient (Wildman–Crippen LogP) is 0.957. The Balaban J connectivity index is 2.56. The van der Waals surface area contributed by atoms with Crippen LogP contribution in [0.4, 0.5) is 0 Å². The van der Waals surface area contributed by atoms with Gasteiger partial charge in [-0.05, 0) is 24.4 Å². The summed E-state index contributed by atoms with van der Waals surface area (Å²) in [6.45, 7) is 0. The maximum absolute atomic E-state index is 11.3. The van der Waals surface area contributed by atoms with E-state index in [9.17, 15) is 4.21 Å². The summed E-state index contributed by atoms with van der Waals surface area (Å²) in [7, 11) is -1.32. The van der Waals surface area contributed by atoms with E-state index in [-0.39, 0.29) is 4.32 Å². The lowest BCUT2D eigenvalue weighted by Crippen LogP contribution is -2.11. The first kappa shape index (κ1) is 7.70. The van der Waals surface area contributed by atoms with E-state index in [0.717, 1.165) is 0 Å². The van der Waals surface area contributed by atoms with Crippen LogP contribution in [0.1, 0.15) is 0 Å². The van der Waals surface area contributed by atoms with Crippen molar-refractivity contribution in [1.82, 2.24) is 0 Å². The lowest BCUT2D eigenvalue weighted by Gasteiger charge is -1.89. The fourth-order valence-electron chi connectivity index (χ4n) is 0.895. The third-order valence-corrected chi connectivity index (χ3v) is 3.03. The smallest absolute Gasteiger partial charge is 0.197 e. The van der Waals surface area contributed by atoms with Gasteiger partial charge >= 0.3 is 0 Å². The number of fused-ring (bicyclic) bond motifs is 1. The summed E-state index contributed by atoms with van der Waals surface area (Å²) in [4.78, 5) is 7.91. The van der Waals surface area contributed by atoms with E-state index in [4.69, 9.17) is 12.2 Å². The third-order valence-electron chi connectivity index (χ3n) is 1.41. The van der Waals surface area contributed by atoms with Gasteiger partial charge in [-0.25, -0.2) is 14.2 Å². The standard InChI is InChI=1S/C7H4N2OS2/c10-12-6-5(9-7(12)11)3-1-2-4-8-6/h1-4H. The Bertz CT molecular complexity index is 390. The topological polar surface area (TPSA) is 41.8 Å². The number of aliphatic imine (C=N–C) groups is 2. The van der Waals surface area contributed by atoms with Crippen LogP contribution in [-0.4, -0.2) is 19.3 Å². The highest BCUT2D eigenvalue weighted by Crippen LogP contribution is 2.10. The highest BCUT2D eigenvalue weighted by molar-refractivity contribution is 8.24. The Morgan fingerprint density at radius 2 is 2.25 bits per heavy atom. The summed E-state index contributed by atoms with van der Waals surface area (Å²) in [6, 6.07) is 0.